The number of methoxy groups -OCH3 is 1. The first kappa shape index (κ1) is 26.3. The summed E-state index contributed by atoms with van der Waals surface area (Å²) in [4.78, 5) is 15.8. The molecule has 0 bridgehead atoms. The van der Waals surface area contributed by atoms with Gasteiger partial charge in [0.15, 0.2) is 5.96 Å². The largest absolute Gasteiger partial charge is 0.496 e. The molecule has 28 heavy (non-hydrogen) atoms. The van der Waals surface area contributed by atoms with Crippen molar-refractivity contribution in [2.24, 2.45) is 4.99 Å². The number of halogens is 1. The number of ether oxygens (including phenoxy) is 2. The minimum atomic E-state index is -0.480. The maximum atomic E-state index is 11.6. The number of hydrogen-bond donors (Lipinski definition) is 3. The van der Waals surface area contributed by atoms with E-state index in [1.165, 1.54) is 0 Å². The lowest BCUT2D eigenvalue weighted by Gasteiger charge is -2.20. The van der Waals surface area contributed by atoms with Crippen LogP contribution in [0.15, 0.2) is 29.3 Å². The molecule has 1 atom stereocenters. The summed E-state index contributed by atoms with van der Waals surface area (Å²) >= 11 is 0. The molecule has 1 aromatic carbocycles. The van der Waals surface area contributed by atoms with E-state index in [1.54, 1.807) is 14.2 Å². The van der Waals surface area contributed by atoms with E-state index in [1.807, 2.05) is 39.0 Å². The van der Waals surface area contributed by atoms with Gasteiger partial charge in [0, 0.05) is 32.6 Å². The lowest BCUT2D eigenvalue weighted by atomic mass is 10.0. The molecule has 7 nitrogen and oxygen atoms in total. The molecule has 0 heterocycles. The summed E-state index contributed by atoms with van der Waals surface area (Å²) in [6.07, 6.45) is 0.373. The van der Waals surface area contributed by atoms with Crippen LogP contribution in [0.5, 0.6) is 5.75 Å². The van der Waals surface area contributed by atoms with Gasteiger partial charge >= 0.3 is 6.09 Å². The predicted molar refractivity (Wildman–Crippen MR) is 125 cm³/mol. The fourth-order valence-corrected chi connectivity index (χ4v) is 2.45. The Labute approximate surface area is 186 Å². The summed E-state index contributed by atoms with van der Waals surface area (Å²) in [5, 5.41) is 9.30. The Morgan fingerprint density at radius 2 is 1.79 bits per heavy atom. The van der Waals surface area contributed by atoms with Gasteiger partial charge in [-0.15, -0.1) is 24.0 Å². The Balaban J connectivity index is 0.00000729. The summed E-state index contributed by atoms with van der Waals surface area (Å²) in [6, 6.07) is 8.02. The summed E-state index contributed by atoms with van der Waals surface area (Å²) in [5.74, 6) is 1.89. The third-order valence-corrected chi connectivity index (χ3v) is 3.78. The molecular weight excluding hydrogens is 471 g/mol. The smallest absolute Gasteiger partial charge is 0.407 e. The molecule has 1 aromatic rings. The standard InChI is InChI=1S/C20H34N4O3.HI/c1-15(16-10-7-8-11-17(16)26-6)14-24-18(21-5)22-12-9-13-23-19(25)27-20(2,3)4;/h7-8,10-11,15H,9,12-14H2,1-6H3,(H,23,25)(H2,21,22,24);1H. The highest BCUT2D eigenvalue weighted by atomic mass is 127. The number of benzene rings is 1. The van der Waals surface area contributed by atoms with Crippen LogP contribution in [-0.4, -0.2) is 51.4 Å². The zero-order valence-corrected chi connectivity index (χ0v) is 20.1. The van der Waals surface area contributed by atoms with Gasteiger partial charge in [-0.05, 0) is 38.8 Å². The molecule has 8 heteroatoms. The van der Waals surface area contributed by atoms with Crippen molar-refractivity contribution in [3.63, 3.8) is 0 Å². The van der Waals surface area contributed by atoms with Gasteiger partial charge in [-0.2, -0.15) is 0 Å². The molecule has 0 aliphatic rings. The zero-order valence-electron chi connectivity index (χ0n) is 17.8. The number of carbonyl (C=O) groups excluding carboxylic acids is 1. The Kier molecular flexibility index (Phi) is 12.6. The molecule has 0 fully saturated rings. The van der Waals surface area contributed by atoms with Crippen molar-refractivity contribution in [2.45, 2.75) is 45.6 Å². The minimum Gasteiger partial charge on any atom is -0.496 e. The van der Waals surface area contributed by atoms with Crippen molar-refractivity contribution < 1.29 is 14.3 Å². The Hall–Kier alpha value is -1.71. The molecule has 0 aliphatic carbocycles. The van der Waals surface area contributed by atoms with Crippen molar-refractivity contribution in [1.29, 1.82) is 0 Å². The van der Waals surface area contributed by atoms with Gasteiger partial charge in [0.25, 0.3) is 0 Å². The third kappa shape index (κ3) is 10.6. The molecule has 1 rings (SSSR count). The molecule has 1 unspecified atom stereocenters. The molecular formula is C20H35IN4O3. The van der Waals surface area contributed by atoms with E-state index in [0.717, 1.165) is 30.2 Å². The maximum Gasteiger partial charge on any atom is 0.407 e. The number of hydrogen-bond acceptors (Lipinski definition) is 4. The highest BCUT2D eigenvalue weighted by Gasteiger charge is 2.15. The summed E-state index contributed by atoms with van der Waals surface area (Å²) in [6.45, 7) is 9.63. The van der Waals surface area contributed by atoms with Gasteiger partial charge in [-0.3, -0.25) is 4.99 Å². The first-order valence-electron chi connectivity index (χ1n) is 9.31. The topological polar surface area (TPSA) is 84.0 Å². The van der Waals surface area contributed by atoms with Crippen molar-refractivity contribution >= 4 is 36.0 Å². The zero-order chi connectivity index (χ0) is 20.3. The van der Waals surface area contributed by atoms with Crippen LogP contribution >= 0.6 is 24.0 Å². The fraction of sp³-hybridized carbons (Fsp3) is 0.600. The van der Waals surface area contributed by atoms with E-state index >= 15 is 0 Å². The second kappa shape index (κ2) is 13.5. The van der Waals surface area contributed by atoms with Gasteiger partial charge in [-0.1, -0.05) is 25.1 Å². The fourth-order valence-electron chi connectivity index (χ4n) is 2.45. The van der Waals surface area contributed by atoms with Gasteiger partial charge in [0.05, 0.1) is 7.11 Å². The Bertz CT molecular complexity index is 618. The molecule has 0 saturated heterocycles. The average Bonchev–Trinajstić information content (AvgIpc) is 2.62. The van der Waals surface area contributed by atoms with E-state index in [0.29, 0.717) is 13.1 Å². The van der Waals surface area contributed by atoms with Crippen LogP contribution in [0.25, 0.3) is 0 Å². The number of nitrogens with zero attached hydrogens (tertiary/aromatic N) is 1. The van der Waals surface area contributed by atoms with Gasteiger partial charge in [-0.25, -0.2) is 4.79 Å². The van der Waals surface area contributed by atoms with Crippen molar-refractivity contribution in [2.75, 3.05) is 33.8 Å². The highest BCUT2D eigenvalue weighted by Crippen LogP contribution is 2.25. The van der Waals surface area contributed by atoms with Crippen molar-refractivity contribution in [3.8, 4) is 5.75 Å². The number of alkyl carbamates (subject to hydrolysis) is 1. The second-order valence-electron chi connectivity index (χ2n) is 7.31. The van der Waals surface area contributed by atoms with Gasteiger partial charge in [0.1, 0.15) is 11.4 Å². The number of carbonyl (C=O) groups is 1. The van der Waals surface area contributed by atoms with Gasteiger partial charge in [0.2, 0.25) is 0 Å². The maximum absolute atomic E-state index is 11.6. The second-order valence-corrected chi connectivity index (χ2v) is 7.31. The molecule has 0 radical (unpaired) electrons. The summed E-state index contributed by atoms with van der Waals surface area (Å²) < 4.78 is 10.6. The third-order valence-electron chi connectivity index (χ3n) is 3.78. The quantitative estimate of drug-likeness (QED) is 0.218. The first-order chi connectivity index (χ1) is 12.8. The molecule has 0 spiro atoms. The number of aliphatic imine (C=N–C) groups is 1. The van der Waals surface area contributed by atoms with Crippen molar-refractivity contribution in [1.82, 2.24) is 16.0 Å². The molecule has 1 amide bonds. The summed E-state index contributed by atoms with van der Waals surface area (Å²) in [7, 11) is 3.42. The number of amides is 1. The van der Waals surface area contributed by atoms with Crippen LogP contribution in [0.1, 0.15) is 45.6 Å². The molecule has 160 valence electrons. The number of nitrogens with one attached hydrogen (secondary N) is 3. The molecule has 3 N–H and O–H groups in total. The summed E-state index contributed by atoms with van der Waals surface area (Å²) in [5.41, 5.74) is 0.677. The Morgan fingerprint density at radius 3 is 2.39 bits per heavy atom. The predicted octanol–water partition coefficient (Wildman–Crippen LogP) is 3.50. The minimum absolute atomic E-state index is 0. The Morgan fingerprint density at radius 1 is 1.14 bits per heavy atom. The first-order valence-corrected chi connectivity index (χ1v) is 9.31. The van der Waals surface area contributed by atoms with E-state index in [-0.39, 0.29) is 29.9 Å². The van der Waals surface area contributed by atoms with E-state index in [4.69, 9.17) is 9.47 Å². The van der Waals surface area contributed by atoms with Crippen molar-refractivity contribution in [3.05, 3.63) is 29.8 Å². The average molecular weight is 506 g/mol. The van der Waals surface area contributed by atoms with E-state index in [2.05, 4.69) is 33.9 Å². The van der Waals surface area contributed by atoms with Gasteiger partial charge < -0.3 is 25.4 Å². The van der Waals surface area contributed by atoms with E-state index in [9.17, 15) is 4.79 Å². The monoisotopic (exact) mass is 506 g/mol. The molecule has 0 aromatic heterocycles. The molecule has 0 aliphatic heterocycles. The van der Waals surface area contributed by atoms with Crippen LogP contribution in [0.4, 0.5) is 4.79 Å². The number of guanidine groups is 1. The lowest BCUT2D eigenvalue weighted by Crippen LogP contribution is -2.40. The van der Waals surface area contributed by atoms with Crippen LogP contribution < -0.4 is 20.7 Å². The van der Waals surface area contributed by atoms with Crippen LogP contribution in [0.3, 0.4) is 0 Å². The molecule has 0 saturated carbocycles. The normalized spacial score (nSPS) is 12.4. The highest BCUT2D eigenvalue weighted by molar-refractivity contribution is 14.0. The van der Waals surface area contributed by atoms with Crippen LogP contribution in [0.2, 0.25) is 0 Å². The van der Waals surface area contributed by atoms with Crippen LogP contribution in [0, 0.1) is 0 Å². The lowest BCUT2D eigenvalue weighted by molar-refractivity contribution is 0.0527. The number of para-hydroxylation sites is 1. The van der Waals surface area contributed by atoms with Crippen LogP contribution in [-0.2, 0) is 4.74 Å². The SMILES string of the molecule is CN=C(NCCCNC(=O)OC(C)(C)C)NCC(C)c1ccccc1OC.I. The number of rotatable bonds is 8. The van der Waals surface area contributed by atoms with E-state index < -0.39 is 11.7 Å².